The Kier molecular flexibility index (Phi) is 7.21. The van der Waals surface area contributed by atoms with Gasteiger partial charge in [-0.15, -0.1) is 4.83 Å². The Bertz CT molecular complexity index is 912. The first-order chi connectivity index (χ1) is 13.1. The Hall–Kier alpha value is -2.38. The highest BCUT2D eigenvalue weighted by Crippen LogP contribution is 2.21. The molecule has 6 nitrogen and oxygen atoms in total. The Morgan fingerprint density at radius 1 is 1.04 bits per heavy atom. The molecule has 0 aromatic heterocycles. The summed E-state index contributed by atoms with van der Waals surface area (Å²) in [6.07, 6.45) is 0.946. The lowest BCUT2D eigenvalue weighted by Gasteiger charge is -2.14. The van der Waals surface area contributed by atoms with E-state index < -0.39 is 15.9 Å². The number of carbonyl (C=O) groups excluding carboxylic acids is 1. The molecule has 0 saturated carbocycles. The summed E-state index contributed by atoms with van der Waals surface area (Å²) < 4.78 is 30.8. The quantitative estimate of drug-likeness (QED) is 0.658. The molecule has 2 rings (SSSR count). The second-order valence-corrected chi connectivity index (χ2v) is 8.96. The monoisotopic (exact) mass is 404 g/mol. The Morgan fingerprint density at radius 3 is 2.14 bits per heavy atom. The highest BCUT2D eigenvalue weighted by Gasteiger charge is 2.20. The minimum absolute atomic E-state index is 0.173. The molecular weight excluding hydrogens is 376 g/mol. The molecule has 7 heteroatoms. The maximum absolute atomic E-state index is 12.6. The zero-order chi connectivity index (χ0) is 20.9. The summed E-state index contributed by atoms with van der Waals surface area (Å²) in [6, 6.07) is 10.2. The number of nitrogens with one attached hydrogen (secondary N) is 2. The lowest BCUT2D eigenvalue weighted by Crippen LogP contribution is -2.42. The zero-order valence-corrected chi connectivity index (χ0v) is 17.8. The number of aryl methyl sites for hydroxylation is 3. The predicted molar refractivity (Wildman–Crippen MR) is 110 cm³/mol. The van der Waals surface area contributed by atoms with Crippen LogP contribution >= 0.6 is 0 Å². The fourth-order valence-electron chi connectivity index (χ4n) is 2.94. The Labute approximate surface area is 167 Å². The average Bonchev–Trinajstić information content (AvgIpc) is 2.59. The molecule has 0 atom stereocenters. The highest BCUT2D eigenvalue weighted by atomic mass is 32.2. The lowest BCUT2D eigenvalue weighted by atomic mass is 10.1. The van der Waals surface area contributed by atoms with Gasteiger partial charge in [0.2, 0.25) is 0 Å². The van der Waals surface area contributed by atoms with Crippen LogP contribution < -0.4 is 15.0 Å². The number of rotatable bonds is 8. The number of hydrogen-bond donors (Lipinski definition) is 2. The third-order valence-corrected chi connectivity index (χ3v) is 5.80. The maximum atomic E-state index is 12.6. The van der Waals surface area contributed by atoms with Crippen molar-refractivity contribution in [1.29, 1.82) is 0 Å². The third-order valence-electron chi connectivity index (χ3n) is 4.25. The van der Waals surface area contributed by atoms with E-state index in [2.05, 4.69) is 24.1 Å². The van der Waals surface area contributed by atoms with Crippen LogP contribution in [-0.2, 0) is 10.0 Å². The first-order valence-electron chi connectivity index (χ1n) is 9.23. The summed E-state index contributed by atoms with van der Waals surface area (Å²) >= 11 is 0. The van der Waals surface area contributed by atoms with Gasteiger partial charge in [0.05, 0.1) is 11.5 Å². The Morgan fingerprint density at radius 2 is 1.61 bits per heavy atom. The van der Waals surface area contributed by atoms with E-state index in [1.165, 1.54) is 0 Å². The van der Waals surface area contributed by atoms with Crippen molar-refractivity contribution < 1.29 is 17.9 Å². The van der Waals surface area contributed by atoms with Crippen molar-refractivity contribution >= 4 is 15.9 Å². The van der Waals surface area contributed by atoms with Gasteiger partial charge in [-0.1, -0.05) is 31.5 Å². The van der Waals surface area contributed by atoms with E-state index in [0.29, 0.717) is 35.0 Å². The number of carbonyl (C=O) groups is 1. The minimum Gasteiger partial charge on any atom is -0.494 e. The van der Waals surface area contributed by atoms with Crippen LogP contribution in [0.4, 0.5) is 0 Å². The molecule has 0 unspecified atom stereocenters. The number of benzene rings is 2. The molecule has 0 fully saturated rings. The van der Waals surface area contributed by atoms with Gasteiger partial charge in [-0.3, -0.25) is 10.2 Å². The van der Waals surface area contributed by atoms with Crippen LogP contribution in [0.3, 0.4) is 0 Å². The van der Waals surface area contributed by atoms with E-state index in [1.807, 2.05) is 6.92 Å². The fourth-order valence-corrected chi connectivity index (χ4v) is 4.24. The van der Waals surface area contributed by atoms with Crippen LogP contribution in [0, 0.1) is 26.7 Å². The summed E-state index contributed by atoms with van der Waals surface area (Å²) in [6.45, 7) is 10.2. The maximum Gasteiger partial charge on any atom is 0.266 e. The molecule has 0 aliphatic carbocycles. The normalized spacial score (nSPS) is 11.5. The largest absolute Gasteiger partial charge is 0.494 e. The minimum atomic E-state index is -3.88. The van der Waals surface area contributed by atoms with Crippen LogP contribution in [-0.4, -0.2) is 20.9 Å². The second kappa shape index (κ2) is 9.21. The van der Waals surface area contributed by atoms with E-state index in [1.54, 1.807) is 50.2 Å². The second-order valence-electron chi connectivity index (χ2n) is 7.34. The van der Waals surface area contributed by atoms with Crippen molar-refractivity contribution in [2.24, 2.45) is 5.92 Å². The smallest absolute Gasteiger partial charge is 0.266 e. The van der Waals surface area contributed by atoms with E-state index in [0.717, 1.165) is 12.0 Å². The molecule has 0 aliphatic rings. The molecule has 0 bridgehead atoms. The van der Waals surface area contributed by atoms with E-state index >= 15 is 0 Å². The van der Waals surface area contributed by atoms with Crippen molar-refractivity contribution in [2.45, 2.75) is 45.9 Å². The number of hydrogen-bond acceptors (Lipinski definition) is 4. The molecule has 0 aliphatic heterocycles. The summed E-state index contributed by atoms with van der Waals surface area (Å²) in [5.41, 5.74) is 4.83. The first-order valence-corrected chi connectivity index (χ1v) is 10.7. The van der Waals surface area contributed by atoms with Gasteiger partial charge < -0.3 is 4.74 Å². The molecule has 2 aromatic rings. The Balaban J connectivity index is 2.01. The molecule has 1 amide bonds. The average molecular weight is 405 g/mol. The summed E-state index contributed by atoms with van der Waals surface area (Å²) in [5.74, 6) is 0.683. The van der Waals surface area contributed by atoms with Gasteiger partial charge in [0.15, 0.2) is 0 Å². The standard InChI is InChI=1S/C21H28N2O4S/c1-14(2)10-11-27-19-8-6-18(7-9-19)21(24)22-23-28(25,26)20-16(4)12-15(3)13-17(20)5/h6-9,12-14,23H,10-11H2,1-5H3,(H,22,24). The van der Waals surface area contributed by atoms with Crippen LogP contribution in [0.25, 0.3) is 0 Å². The predicted octanol–water partition coefficient (Wildman–Crippen LogP) is 3.66. The van der Waals surface area contributed by atoms with Crippen molar-refractivity contribution in [3.63, 3.8) is 0 Å². The van der Waals surface area contributed by atoms with E-state index in [9.17, 15) is 13.2 Å². The number of sulfonamides is 1. The van der Waals surface area contributed by atoms with Gasteiger partial charge in [-0.05, 0) is 68.5 Å². The molecular formula is C21H28N2O4S. The van der Waals surface area contributed by atoms with E-state index in [-0.39, 0.29) is 4.90 Å². The zero-order valence-electron chi connectivity index (χ0n) is 17.0. The van der Waals surface area contributed by atoms with Crippen molar-refractivity contribution in [3.8, 4) is 5.75 Å². The molecule has 2 N–H and O–H groups in total. The molecule has 28 heavy (non-hydrogen) atoms. The summed E-state index contributed by atoms with van der Waals surface area (Å²) in [5, 5.41) is 0. The summed E-state index contributed by atoms with van der Waals surface area (Å²) in [7, 11) is -3.88. The van der Waals surface area contributed by atoms with Crippen molar-refractivity contribution in [2.75, 3.05) is 6.61 Å². The van der Waals surface area contributed by atoms with Crippen molar-refractivity contribution in [3.05, 3.63) is 58.7 Å². The molecule has 2 aromatic carbocycles. The van der Waals surface area contributed by atoms with Crippen LogP contribution in [0.1, 0.15) is 47.3 Å². The van der Waals surface area contributed by atoms with Crippen molar-refractivity contribution in [1.82, 2.24) is 10.3 Å². The van der Waals surface area contributed by atoms with Gasteiger partial charge in [-0.2, -0.15) is 0 Å². The molecule has 152 valence electrons. The number of hydrazine groups is 1. The van der Waals surface area contributed by atoms with Crippen LogP contribution in [0.5, 0.6) is 5.75 Å². The lowest BCUT2D eigenvalue weighted by molar-refractivity contribution is 0.0945. The first kappa shape index (κ1) is 21.9. The topological polar surface area (TPSA) is 84.5 Å². The van der Waals surface area contributed by atoms with Gasteiger partial charge in [0.1, 0.15) is 5.75 Å². The number of amides is 1. The van der Waals surface area contributed by atoms with Crippen LogP contribution in [0.15, 0.2) is 41.3 Å². The SMILES string of the molecule is Cc1cc(C)c(S(=O)(=O)NNC(=O)c2ccc(OCCC(C)C)cc2)c(C)c1. The van der Waals surface area contributed by atoms with Crippen LogP contribution in [0.2, 0.25) is 0 Å². The summed E-state index contributed by atoms with van der Waals surface area (Å²) in [4.78, 5) is 14.6. The van der Waals surface area contributed by atoms with Gasteiger partial charge in [-0.25, -0.2) is 8.42 Å². The highest BCUT2D eigenvalue weighted by molar-refractivity contribution is 7.89. The van der Waals surface area contributed by atoms with Gasteiger partial charge in [0, 0.05) is 5.56 Å². The van der Waals surface area contributed by atoms with Gasteiger partial charge >= 0.3 is 0 Å². The fraction of sp³-hybridized carbons (Fsp3) is 0.381. The van der Waals surface area contributed by atoms with Gasteiger partial charge in [0.25, 0.3) is 15.9 Å². The van der Waals surface area contributed by atoms with E-state index in [4.69, 9.17) is 4.74 Å². The number of ether oxygens (including phenoxy) is 1. The third kappa shape index (κ3) is 5.81. The molecule has 0 heterocycles. The molecule has 0 spiro atoms. The molecule has 0 saturated heterocycles. The molecule has 0 radical (unpaired) electrons.